The molecule has 1 amide bonds. The van der Waals surface area contributed by atoms with Crippen molar-refractivity contribution >= 4 is 66.6 Å². The van der Waals surface area contributed by atoms with E-state index in [0.717, 1.165) is 37.1 Å². The predicted octanol–water partition coefficient (Wildman–Crippen LogP) is 5.92. The lowest BCUT2D eigenvalue weighted by atomic mass is 10.1. The normalized spacial score (nSPS) is 16.6. The van der Waals surface area contributed by atoms with Crippen LogP contribution in [0.4, 0.5) is 5.13 Å². The Morgan fingerprint density at radius 1 is 1.11 bits per heavy atom. The Morgan fingerprint density at radius 2 is 1.81 bits per heavy atom. The second-order valence-corrected chi connectivity index (χ2v) is 12.4. The van der Waals surface area contributed by atoms with Crippen LogP contribution in [0.25, 0.3) is 10.2 Å². The highest BCUT2D eigenvalue weighted by Gasteiger charge is 2.31. The zero-order chi connectivity index (χ0) is 25.9. The van der Waals surface area contributed by atoms with Crippen LogP contribution in [0.1, 0.15) is 50.4 Å². The van der Waals surface area contributed by atoms with Crippen LogP contribution in [0, 0.1) is 0 Å². The molecular formula is C26H34Cl2N4O3S2. The first kappa shape index (κ1) is 29.8. The maximum absolute atomic E-state index is 13.7. The van der Waals surface area contributed by atoms with Crippen molar-refractivity contribution in [1.29, 1.82) is 0 Å². The third kappa shape index (κ3) is 6.46. The summed E-state index contributed by atoms with van der Waals surface area (Å²) in [7, 11) is -3.60. The van der Waals surface area contributed by atoms with Crippen molar-refractivity contribution in [1.82, 2.24) is 14.2 Å². The van der Waals surface area contributed by atoms with Gasteiger partial charge in [-0.2, -0.15) is 4.31 Å². The topological polar surface area (TPSA) is 73.8 Å². The van der Waals surface area contributed by atoms with Gasteiger partial charge in [0.15, 0.2) is 5.13 Å². The molecule has 0 N–H and O–H groups in total. The fourth-order valence-electron chi connectivity index (χ4n) is 4.57. The molecule has 7 nitrogen and oxygen atoms in total. The number of aromatic nitrogens is 1. The minimum absolute atomic E-state index is 0. The number of thiazole rings is 1. The van der Waals surface area contributed by atoms with Crippen molar-refractivity contribution in [2.75, 3.05) is 37.6 Å². The van der Waals surface area contributed by atoms with Gasteiger partial charge in [-0.15, -0.1) is 12.4 Å². The highest BCUT2D eigenvalue weighted by atomic mass is 35.5. The summed E-state index contributed by atoms with van der Waals surface area (Å²) in [6.07, 6.45) is 2.78. The number of fused-ring (bicyclic) bond motifs is 1. The third-order valence-corrected chi connectivity index (χ3v) is 10.2. The molecule has 1 unspecified atom stereocenters. The molecule has 1 saturated heterocycles. The summed E-state index contributed by atoms with van der Waals surface area (Å²) in [5.74, 6) is -0.215. The van der Waals surface area contributed by atoms with Gasteiger partial charge in [0, 0.05) is 31.2 Å². The number of amides is 1. The number of benzene rings is 2. The molecule has 2 heterocycles. The minimum atomic E-state index is -3.60. The number of anilines is 1. The highest BCUT2D eigenvalue weighted by molar-refractivity contribution is 7.89. The molecule has 0 spiro atoms. The van der Waals surface area contributed by atoms with Crippen LogP contribution in [0.2, 0.25) is 5.02 Å². The molecule has 4 rings (SSSR count). The van der Waals surface area contributed by atoms with Gasteiger partial charge in [0.1, 0.15) is 5.52 Å². The summed E-state index contributed by atoms with van der Waals surface area (Å²) in [6.45, 7) is 9.59. The summed E-state index contributed by atoms with van der Waals surface area (Å²) in [6, 6.07) is 11.9. The Kier molecular flexibility index (Phi) is 10.4. The van der Waals surface area contributed by atoms with Crippen LogP contribution in [0.5, 0.6) is 0 Å². The summed E-state index contributed by atoms with van der Waals surface area (Å²) < 4.78 is 28.9. The average Bonchev–Trinajstić information content (AvgIpc) is 3.32. The second-order valence-electron chi connectivity index (χ2n) is 9.05. The molecule has 1 fully saturated rings. The Bertz CT molecular complexity index is 1310. The summed E-state index contributed by atoms with van der Waals surface area (Å²) >= 11 is 7.77. The number of carbonyl (C=O) groups excluding carboxylic acids is 1. The molecule has 0 saturated carbocycles. The zero-order valence-electron chi connectivity index (χ0n) is 21.4. The first-order chi connectivity index (χ1) is 17.3. The molecule has 2 aromatic carbocycles. The number of nitrogens with zero attached hydrogens (tertiary/aromatic N) is 4. The number of para-hydroxylation sites is 1. The van der Waals surface area contributed by atoms with E-state index in [4.69, 9.17) is 11.6 Å². The molecule has 37 heavy (non-hydrogen) atoms. The van der Waals surface area contributed by atoms with Gasteiger partial charge in [-0.1, -0.05) is 49.3 Å². The van der Waals surface area contributed by atoms with E-state index in [0.29, 0.717) is 40.9 Å². The smallest absolute Gasteiger partial charge is 0.260 e. The molecule has 1 aliphatic rings. The Morgan fingerprint density at radius 3 is 2.43 bits per heavy atom. The quantitative estimate of drug-likeness (QED) is 0.312. The highest BCUT2D eigenvalue weighted by Crippen LogP contribution is 2.33. The van der Waals surface area contributed by atoms with E-state index >= 15 is 0 Å². The minimum Gasteiger partial charge on any atom is -0.302 e. The molecule has 0 aliphatic carbocycles. The maximum atomic E-state index is 13.7. The van der Waals surface area contributed by atoms with E-state index < -0.39 is 10.0 Å². The number of likely N-dealkylation sites (N-methyl/N-ethyl adjacent to an activating group) is 1. The first-order valence-corrected chi connectivity index (χ1v) is 15.1. The Labute approximate surface area is 234 Å². The number of rotatable bonds is 9. The lowest BCUT2D eigenvalue weighted by molar-refractivity contribution is 0.0983. The van der Waals surface area contributed by atoms with E-state index in [2.05, 4.69) is 23.7 Å². The van der Waals surface area contributed by atoms with Gasteiger partial charge >= 0.3 is 0 Å². The van der Waals surface area contributed by atoms with E-state index in [-0.39, 0.29) is 29.3 Å². The molecule has 1 aromatic heterocycles. The zero-order valence-corrected chi connectivity index (χ0v) is 24.6. The predicted molar refractivity (Wildman–Crippen MR) is 155 cm³/mol. The van der Waals surface area contributed by atoms with E-state index in [1.165, 1.54) is 11.3 Å². The fourth-order valence-corrected chi connectivity index (χ4v) is 7.56. The van der Waals surface area contributed by atoms with E-state index in [9.17, 15) is 13.2 Å². The van der Waals surface area contributed by atoms with Crippen LogP contribution in [-0.2, 0) is 10.0 Å². The van der Waals surface area contributed by atoms with Crippen LogP contribution < -0.4 is 4.90 Å². The van der Waals surface area contributed by atoms with Gasteiger partial charge in [-0.05, 0) is 69.3 Å². The summed E-state index contributed by atoms with van der Waals surface area (Å²) in [5.41, 5.74) is 1.10. The van der Waals surface area contributed by atoms with Crippen molar-refractivity contribution < 1.29 is 13.2 Å². The molecule has 202 valence electrons. The second kappa shape index (κ2) is 12.9. The Hall–Kier alpha value is -1.75. The fraction of sp³-hybridized carbons (Fsp3) is 0.462. The third-order valence-electron chi connectivity index (χ3n) is 6.82. The monoisotopic (exact) mass is 584 g/mol. The largest absolute Gasteiger partial charge is 0.302 e. The Balaban J connectivity index is 0.00000380. The number of hydrogen-bond acceptors (Lipinski definition) is 6. The van der Waals surface area contributed by atoms with Crippen molar-refractivity contribution in [2.45, 2.75) is 51.0 Å². The van der Waals surface area contributed by atoms with Crippen molar-refractivity contribution in [3.63, 3.8) is 0 Å². The molecule has 0 bridgehead atoms. The van der Waals surface area contributed by atoms with Gasteiger partial charge in [0.2, 0.25) is 10.0 Å². The average molecular weight is 586 g/mol. The van der Waals surface area contributed by atoms with Gasteiger partial charge in [0.25, 0.3) is 5.91 Å². The maximum Gasteiger partial charge on any atom is 0.260 e. The molecule has 3 aromatic rings. The van der Waals surface area contributed by atoms with E-state index in [1.807, 2.05) is 19.1 Å². The number of hydrogen-bond donors (Lipinski definition) is 0. The van der Waals surface area contributed by atoms with Crippen molar-refractivity contribution in [3.05, 3.63) is 53.1 Å². The standard InChI is InChI=1S/C26H33ClN4O3S2.ClH/c1-4-29(5-2)17-18-30(26-28-24-22(27)10-8-11-23(24)35-26)25(32)20-12-14-21(15-13-20)36(33,34)31-16-7-6-9-19(31)3;/h8,10-15,19H,4-7,9,16-18H2,1-3H3;1H. The first-order valence-electron chi connectivity index (χ1n) is 12.5. The van der Waals surface area contributed by atoms with Gasteiger partial charge in [-0.3, -0.25) is 9.69 Å². The summed E-state index contributed by atoms with van der Waals surface area (Å²) in [5, 5.41) is 1.13. The van der Waals surface area contributed by atoms with Gasteiger partial charge in [0.05, 0.1) is 14.6 Å². The SMILES string of the molecule is CCN(CC)CCN(C(=O)c1ccc(S(=O)(=O)N2CCCCC2C)cc1)c1nc2c(Cl)cccc2s1.Cl. The number of piperidine rings is 1. The summed E-state index contributed by atoms with van der Waals surface area (Å²) in [4.78, 5) is 22.5. The van der Waals surface area contributed by atoms with Crippen LogP contribution in [0.3, 0.4) is 0 Å². The van der Waals surface area contributed by atoms with E-state index in [1.54, 1.807) is 39.5 Å². The van der Waals surface area contributed by atoms with Crippen LogP contribution in [-0.4, -0.2) is 67.3 Å². The molecule has 0 radical (unpaired) electrons. The lowest BCUT2D eigenvalue weighted by Gasteiger charge is -2.32. The lowest BCUT2D eigenvalue weighted by Crippen LogP contribution is -2.42. The van der Waals surface area contributed by atoms with Crippen LogP contribution in [0.15, 0.2) is 47.4 Å². The van der Waals surface area contributed by atoms with Crippen molar-refractivity contribution in [3.8, 4) is 0 Å². The van der Waals surface area contributed by atoms with Gasteiger partial charge < -0.3 is 4.90 Å². The molecule has 11 heteroatoms. The molecule has 1 atom stereocenters. The molecular weight excluding hydrogens is 551 g/mol. The van der Waals surface area contributed by atoms with Crippen molar-refractivity contribution in [2.24, 2.45) is 0 Å². The number of carbonyl (C=O) groups is 1. The molecule has 1 aliphatic heterocycles. The van der Waals surface area contributed by atoms with Crippen LogP contribution >= 0.6 is 35.3 Å². The number of sulfonamides is 1. The van der Waals surface area contributed by atoms with Gasteiger partial charge in [-0.25, -0.2) is 13.4 Å². The number of halogens is 2.